The lowest BCUT2D eigenvalue weighted by atomic mass is 10.1. The van der Waals surface area contributed by atoms with Crippen molar-refractivity contribution in [2.24, 2.45) is 11.8 Å². The van der Waals surface area contributed by atoms with Crippen LogP contribution in [0.2, 0.25) is 5.02 Å². The molecule has 5 nitrogen and oxygen atoms in total. The number of amides is 2. The van der Waals surface area contributed by atoms with Crippen LogP contribution in [-0.4, -0.2) is 18.4 Å². The average Bonchev–Trinajstić information content (AvgIpc) is 3.41. The van der Waals surface area contributed by atoms with Gasteiger partial charge in [-0.05, 0) is 68.7 Å². The Bertz CT molecular complexity index is 841. The van der Waals surface area contributed by atoms with E-state index in [2.05, 4.69) is 10.6 Å². The number of rotatable bonds is 6. The van der Waals surface area contributed by atoms with Gasteiger partial charge in [-0.15, -0.1) is 0 Å². The van der Waals surface area contributed by atoms with Crippen LogP contribution in [0, 0.1) is 25.7 Å². The molecule has 1 aliphatic carbocycles. The van der Waals surface area contributed by atoms with Crippen LogP contribution in [0.5, 0.6) is 5.75 Å². The SMILES string of the molecule is CCOc1ccc(NC(=O)C2CC2C(=O)Nc2c(C)cc(C)cc2Cl)cc1. The fourth-order valence-corrected chi connectivity index (χ4v) is 3.47. The maximum absolute atomic E-state index is 12.5. The molecule has 1 fully saturated rings. The Hall–Kier alpha value is -2.53. The minimum Gasteiger partial charge on any atom is -0.494 e. The first-order chi connectivity index (χ1) is 12.9. The molecule has 142 valence electrons. The molecule has 0 saturated heterocycles. The van der Waals surface area contributed by atoms with Gasteiger partial charge in [0.25, 0.3) is 0 Å². The number of carbonyl (C=O) groups is 2. The van der Waals surface area contributed by atoms with Crippen LogP contribution in [0.3, 0.4) is 0 Å². The Balaban J connectivity index is 1.57. The van der Waals surface area contributed by atoms with Crippen molar-refractivity contribution in [3.8, 4) is 5.75 Å². The van der Waals surface area contributed by atoms with Crippen molar-refractivity contribution < 1.29 is 14.3 Å². The first-order valence-electron chi connectivity index (χ1n) is 9.00. The summed E-state index contributed by atoms with van der Waals surface area (Å²) in [6, 6.07) is 11.0. The van der Waals surface area contributed by atoms with E-state index in [4.69, 9.17) is 16.3 Å². The maximum atomic E-state index is 12.5. The molecule has 3 rings (SSSR count). The Morgan fingerprint density at radius 2 is 1.70 bits per heavy atom. The molecule has 0 spiro atoms. The first-order valence-corrected chi connectivity index (χ1v) is 9.38. The summed E-state index contributed by atoms with van der Waals surface area (Å²) >= 11 is 6.24. The quantitative estimate of drug-likeness (QED) is 0.764. The number of aryl methyl sites for hydroxylation is 2. The van der Waals surface area contributed by atoms with Crippen molar-refractivity contribution in [3.63, 3.8) is 0 Å². The fourth-order valence-electron chi connectivity index (χ4n) is 3.10. The summed E-state index contributed by atoms with van der Waals surface area (Å²) in [6.07, 6.45) is 0.539. The molecule has 2 aromatic rings. The average molecular weight is 387 g/mol. The molecule has 2 unspecified atom stereocenters. The predicted octanol–water partition coefficient (Wildman–Crippen LogP) is 4.57. The van der Waals surface area contributed by atoms with Crippen molar-refractivity contribution in [1.29, 1.82) is 0 Å². The lowest BCUT2D eigenvalue weighted by molar-refractivity contribution is -0.122. The number of benzene rings is 2. The Kier molecular flexibility index (Phi) is 5.71. The number of hydrogen-bond acceptors (Lipinski definition) is 3. The van der Waals surface area contributed by atoms with E-state index in [0.29, 0.717) is 29.4 Å². The van der Waals surface area contributed by atoms with E-state index in [0.717, 1.165) is 16.9 Å². The molecule has 2 amide bonds. The monoisotopic (exact) mass is 386 g/mol. The summed E-state index contributed by atoms with van der Waals surface area (Å²) in [6.45, 7) is 6.36. The highest BCUT2D eigenvalue weighted by atomic mass is 35.5. The third kappa shape index (κ3) is 4.61. The van der Waals surface area contributed by atoms with Crippen molar-refractivity contribution in [2.75, 3.05) is 17.2 Å². The van der Waals surface area contributed by atoms with E-state index in [1.807, 2.05) is 32.9 Å². The van der Waals surface area contributed by atoms with Crippen molar-refractivity contribution in [3.05, 3.63) is 52.5 Å². The minimum atomic E-state index is -0.329. The van der Waals surface area contributed by atoms with Gasteiger partial charge in [0.1, 0.15) is 5.75 Å². The summed E-state index contributed by atoms with van der Waals surface area (Å²) < 4.78 is 5.38. The number of nitrogens with one attached hydrogen (secondary N) is 2. The molecule has 0 radical (unpaired) electrons. The molecule has 0 aromatic heterocycles. The molecule has 1 saturated carbocycles. The number of halogens is 1. The van der Waals surface area contributed by atoms with Gasteiger partial charge in [0.05, 0.1) is 29.2 Å². The van der Waals surface area contributed by atoms with Gasteiger partial charge in [-0.25, -0.2) is 0 Å². The Morgan fingerprint density at radius 3 is 2.30 bits per heavy atom. The Morgan fingerprint density at radius 1 is 1.07 bits per heavy atom. The highest BCUT2D eigenvalue weighted by molar-refractivity contribution is 6.34. The number of ether oxygens (including phenoxy) is 1. The second-order valence-corrected chi connectivity index (χ2v) is 7.23. The zero-order valence-corrected chi connectivity index (χ0v) is 16.4. The topological polar surface area (TPSA) is 67.4 Å². The molecule has 0 heterocycles. The van der Waals surface area contributed by atoms with Gasteiger partial charge in [-0.1, -0.05) is 17.7 Å². The molecule has 0 bridgehead atoms. The van der Waals surface area contributed by atoms with E-state index in [1.165, 1.54) is 0 Å². The summed E-state index contributed by atoms with van der Waals surface area (Å²) in [4.78, 5) is 24.9. The van der Waals surface area contributed by atoms with Gasteiger partial charge >= 0.3 is 0 Å². The summed E-state index contributed by atoms with van der Waals surface area (Å²) in [5.74, 6) is -0.211. The first kappa shape index (κ1) is 19.2. The highest BCUT2D eigenvalue weighted by Gasteiger charge is 2.48. The molecule has 0 aliphatic heterocycles. The number of carbonyl (C=O) groups excluding carboxylic acids is 2. The van der Waals surface area contributed by atoms with Crippen molar-refractivity contribution >= 4 is 34.8 Å². The molecule has 2 atom stereocenters. The van der Waals surface area contributed by atoms with Crippen molar-refractivity contribution in [2.45, 2.75) is 27.2 Å². The van der Waals surface area contributed by atoms with E-state index in [1.54, 1.807) is 24.3 Å². The van der Waals surface area contributed by atoms with Crippen LogP contribution in [0.1, 0.15) is 24.5 Å². The molecule has 1 aliphatic rings. The second-order valence-electron chi connectivity index (χ2n) is 6.82. The highest BCUT2D eigenvalue weighted by Crippen LogP contribution is 2.41. The molecule has 2 aromatic carbocycles. The lowest BCUT2D eigenvalue weighted by Crippen LogP contribution is -2.21. The fraction of sp³-hybridized carbons (Fsp3) is 0.333. The van der Waals surface area contributed by atoms with Crippen LogP contribution in [0.4, 0.5) is 11.4 Å². The van der Waals surface area contributed by atoms with E-state index < -0.39 is 0 Å². The van der Waals surface area contributed by atoms with E-state index in [9.17, 15) is 9.59 Å². The van der Waals surface area contributed by atoms with E-state index >= 15 is 0 Å². The van der Waals surface area contributed by atoms with Crippen LogP contribution < -0.4 is 15.4 Å². The van der Waals surface area contributed by atoms with Crippen LogP contribution >= 0.6 is 11.6 Å². The van der Waals surface area contributed by atoms with Gasteiger partial charge in [-0.3, -0.25) is 9.59 Å². The normalized spacial score (nSPS) is 17.9. The van der Waals surface area contributed by atoms with Crippen LogP contribution in [-0.2, 0) is 9.59 Å². The molecule has 2 N–H and O–H groups in total. The van der Waals surface area contributed by atoms with Crippen molar-refractivity contribution in [1.82, 2.24) is 0 Å². The van der Waals surface area contributed by atoms with Gasteiger partial charge in [0.2, 0.25) is 11.8 Å². The zero-order valence-electron chi connectivity index (χ0n) is 15.6. The lowest BCUT2D eigenvalue weighted by Gasteiger charge is -2.11. The summed E-state index contributed by atoms with van der Waals surface area (Å²) in [7, 11) is 0. The molecular weight excluding hydrogens is 364 g/mol. The third-order valence-electron chi connectivity index (χ3n) is 4.58. The summed E-state index contributed by atoms with van der Waals surface area (Å²) in [5, 5.41) is 6.23. The van der Waals surface area contributed by atoms with Gasteiger partial charge in [0.15, 0.2) is 0 Å². The standard InChI is InChI=1S/C21H23ClN2O3/c1-4-27-15-7-5-14(6-8-15)23-20(25)16-11-17(16)21(26)24-19-13(3)9-12(2)10-18(19)22/h5-10,16-17H,4,11H2,1-3H3,(H,23,25)(H,24,26). The zero-order chi connectivity index (χ0) is 19.6. The van der Waals surface area contributed by atoms with Gasteiger partial charge in [0, 0.05) is 5.69 Å². The van der Waals surface area contributed by atoms with E-state index in [-0.39, 0.29) is 23.7 Å². The Labute approximate surface area is 164 Å². The minimum absolute atomic E-state index is 0.147. The summed E-state index contributed by atoms with van der Waals surface area (Å²) in [5.41, 5.74) is 3.25. The maximum Gasteiger partial charge on any atom is 0.228 e. The van der Waals surface area contributed by atoms with Gasteiger partial charge < -0.3 is 15.4 Å². The number of hydrogen-bond donors (Lipinski definition) is 2. The molecule has 27 heavy (non-hydrogen) atoms. The predicted molar refractivity (Wildman–Crippen MR) is 107 cm³/mol. The second kappa shape index (κ2) is 8.01. The smallest absolute Gasteiger partial charge is 0.228 e. The van der Waals surface area contributed by atoms with Gasteiger partial charge in [-0.2, -0.15) is 0 Å². The van der Waals surface area contributed by atoms with Crippen LogP contribution in [0.25, 0.3) is 0 Å². The molecular formula is C21H23ClN2O3. The third-order valence-corrected chi connectivity index (χ3v) is 4.87. The molecule has 6 heteroatoms. The van der Waals surface area contributed by atoms with Crippen LogP contribution in [0.15, 0.2) is 36.4 Å². The largest absolute Gasteiger partial charge is 0.494 e. The number of anilines is 2.